The van der Waals surface area contributed by atoms with Crippen molar-refractivity contribution in [2.75, 3.05) is 5.88 Å². The standard InChI is InChI=1S/C14H21Cl2N/c1-14(2,3)13(8-9-15)17-10-11-4-6-12(16)7-5-11/h4-7,13,17H,8-10H2,1-3H3. The quantitative estimate of drug-likeness (QED) is 0.781. The van der Waals surface area contributed by atoms with Crippen molar-refractivity contribution in [3.05, 3.63) is 34.9 Å². The number of hydrogen-bond donors (Lipinski definition) is 1. The van der Waals surface area contributed by atoms with Crippen LogP contribution in [0.5, 0.6) is 0 Å². The van der Waals surface area contributed by atoms with Crippen LogP contribution in [0.4, 0.5) is 0 Å². The van der Waals surface area contributed by atoms with E-state index in [0.29, 0.717) is 11.9 Å². The van der Waals surface area contributed by atoms with Crippen molar-refractivity contribution in [1.29, 1.82) is 0 Å². The summed E-state index contributed by atoms with van der Waals surface area (Å²) in [5.74, 6) is 0.690. The van der Waals surface area contributed by atoms with Gasteiger partial charge in [0.05, 0.1) is 0 Å². The van der Waals surface area contributed by atoms with Gasteiger partial charge in [0.2, 0.25) is 0 Å². The Bertz CT molecular complexity index is 327. The molecule has 0 saturated carbocycles. The molecular weight excluding hydrogens is 253 g/mol. The van der Waals surface area contributed by atoms with Crippen molar-refractivity contribution in [2.45, 2.75) is 39.8 Å². The molecule has 0 aromatic heterocycles. The fourth-order valence-electron chi connectivity index (χ4n) is 1.79. The first-order valence-corrected chi connectivity index (χ1v) is 6.88. The number of hydrogen-bond acceptors (Lipinski definition) is 1. The Labute approximate surface area is 115 Å². The number of halogens is 2. The second-order valence-corrected chi connectivity index (χ2v) is 6.22. The Kier molecular flexibility index (Phi) is 5.78. The van der Waals surface area contributed by atoms with Gasteiger partial charge in [-0.05, 0) is 29.5 Å². The summed E-state index contributed by atoms with van der Waals surface area (Å²) >= 11 is 11.7. The third-order valence-corrected chi connectivity index (χ3v) is 3.38. The van der Waals surface area contributed by atoms with Gasteiger partial charge in [-0.2, -0.15) is 0 Å². The maximum atomic E-state index is 5.86. The molecule has 0 radical (unpaired) electrons. The van der Waals surface area contributed by atoms with E-state index in [4.69, 9.17) is 23.2 Å². The second kappa shape index (κ2) is 6.63. The molecule has 0 bridgehead atoms. The highest BCUT2D eigenvalue weighted by molar-refractivity contribution is 6.30. The fraction of sp³-hybridized carbons (Fsp3) is 0.571. The number of benzene rings is 1. The summed E-state index contributed by atoms with van der Waals surface area (Å²) in [5, 5.41) is 4.35. The van der Waals surface area contributed by atoms with Gasteiger partial charge in [-0.25, -0.2) is 0 Å². The van der Waals surface area contributed by atoms with E-state index in [2.05, 4.69) is 38.2 Å². The van der Waals surface area contributed by atoms with Crippen LogP contribution in [0.3, 0.4) is 0 Å². The van der Waals surface area contributed by atoms with Crippen LogP contribution in [0.2, 0.25) is 5.02 Å². The summed E-state index contributed by atoms with van der Waals surface area (Å²) < 4.78 is 0. The third-order valence-electron chi connectivity index (χ3n) is 2.91. The summed E-state index contributed by atoms with van der Waals surface area (Å²) in [6.45, 7) is 7.56. The minimum Gasteiger partial charge on any atom is -0.309 e. The van der Waals surface area contributed by atoms with Crippen molar-refractivity contribution in [1.82, 2.24) is 5.32 Å². The van der Waals surface area contributed by atoms with Crippen LogP contribution in [0.15, 0.2) is 24.3 Å². The van der Waals surface area contributed by atoms with Gasteiger partial charge in [-0.3, -0.25) is 0 Å². The van der Waals surface area contributed by atoms with Gasteiger partial charge in [0.15, 0.2) is 0 Å². The van der Waals surface area contributed by atoms with E-state index in [1.165, 1.54) is 5.56 Å². The van der Waals surface area contributed by atoms with E-state index in [1.54, 1.807) is 0 Å². The van der Waals surface area contributed by atoms with Crippen molar-refractivity contribution >= 4 is 23.2 Å². The van der Waals surface area contributed by atoms with Crippen molar-refractivity contribution in [3.8, 4) is 0 Å². The molecule has 0 amide bonds. The van der Waals surface area contributed by atoms with E-state index >= 15 is 0 Å². The molecule has 0 spiro atoms. The topological polar surface area (TPSA) is 12.0 Å². The maximum absolute atomic E-state index is 5.86. The summed E-state index contributed by atoms with van der Waals surface area (Å²) in [6, 6.07) is 8.37. The SMILES string of the molecule is CC(C)(C)C(CCCl)NCc1ccc(Cl)cc1. The van der Waals surface area contributed by atoms with Gasteiger partial charge >= 0.3 is 0 Å². The van der Waals surface area contributed by atoms with E-state index in [1.807, 2.05) is 12.1 Å². The minimum absolute atomic E-state index is 0.224. The normalized spacial score (nSPS) is 13.7. The highest BCUT2D eigenvalue weighted by Gasteiger charge is 2.23. The molecule has 0 heterocycles. The second-order valence-electron chi connectivity index (χ2n) is 5.40. The monoisotopic (exact) mass is 273 g/mol. The highest BCUT2D eigenvalue weighted by atomic mass is 35.5. The van der Waals surface area contributed by atoms with Crippen LogP contribution in [-0.4, -0.2) is 11.9 Å². The first kappa shape index (κ1) is 14.8. The predicted octanol–water partition coefficient (Wildman–Crippen LogP) is 4.47. The highest BCUT2D eigenvalue weighted by Crippen LogP contribution is 2.22. The first-order valence-electron chi connectivity index (χ1n) is 5.97. The molecule has 0 aliphatic heterocycles. The molecule has 1 N–H and O–H groups in total. The van der Waals surface area contributed by atoms with Gasteiger partial charge in [0.1, 0.15) is 0 Å². The van der Waals surface area contributed by atoms with E-state index in [-0.39, 0.29) is 5.41 Å². The number of nitrogens with one attached hydrogen (secondary N) is 1. The molecule has 1 unspecified atom stereocenters. The molecule has 1 aromatic carbocycles. The number of alkyl halides is 1. The molecule has 1 nitrogen and oxygen atoms in total. The number of rotatable bonds is 5. The molecule has 0 saturated heterocycles. The lowest BCUT2D eigenvalue weighted by Gasteiger charge is -2.31. The molecular formula is C14H21Cl2N. The molecule has 0 aliphatic rings. The fourth-order valence-corrected chi connectivity index (χ4v) is 2.14. The average molecular weight is 274 g/mol. The van der Waals surface area contributed by atoms with Crippen LogP contribution in [0, 0.1) is 5.41 Å². The summed E-state index contributed by atoms with van der Waals surface area (Å²) in [7, 11) is 0. The summed E-state index contributed by atoms with van der Waals surface area (Å²) in [4.78, 5) is 0. The van der Waals surface area contributed by atoms with Crippen molar-refractivity contribution in [3.63, 3.8) is 0 Å². The lowest BCUT2D eigenvalue weighted by molar-refractivity contribution is 0.260. The largest absolute Gasteiger partial charge is 0.309 e. The Morgan fingerprint density at radius 1 is 1.18 bits per heavy atom. The zero-order valence-corrected chi connectivity index (χ0v) is 12.3. The molecule has 1 aromatic rings. The Morgan fingerprint density at radius 2 is 1.76 bits per heavy atom. The van der Waals surface area contributed by atoms with E-state index in [9.17, 15) is 0 Å². The van der Waals surface area contributed by atoms with Gasteiger partial charge in [-0.15, -0.1) is 11.6 Å². The van der Waals surface area contributed by atoms with Crippen molar-refractivity contribution < 1.29 is 0 Å². The Hall–Kier alpha value is -0.240. The lowest BCUT2D eigenvalue weighted by atomic mass is 9.85. The van der Waals surface area contributed by atoms with Crippen LogP contribution in [0.25, 0.3) is 0 Å². The minimum atomic E-state index is 0.224. The zero-order chi connectivity index (χ0) is 12.9. The smallest absolute Gasteiger partial charge is 0.0406 e. The Morgan fingerprint density at radius 3 is 2.24 bits per heavy atom. The average Bonchev–Trinajstić information content (AvgIpc) is 2.25. The van der Waals surface area contributed by atoms with E-state index in [0.717, 1.165) is 18.0 Å². The molecule has 17 heavy (non-hydrogen) atoms. The van der Waals surface area contributed by atoms with Gasteiger partial charge < -0.3 is 5.32 Å². The van der Waals surface area contributed by atoms with E-state index < -0.39 is 0 Å². The summed E-state index contributed by atoms with van der Waals surface area (Å²) in [6.07, 6.45) is 0.985. The van der Waals surface area contributed by atoms with Gasteiger partial charge in [0.25, 0.3) is 0 Å². The van der Waals surface area contributed by atoms with Crippen LogP contribution >= 0.6 is 23.2 Å². The van der Waals surface area contributed by atoms with Gasteiger partial charge in [-0.1, -0.05) is 44.5 Å². The molecule has 96 valence electrons. The molecule has 0 fully saturated rings. The van der Waals surface area contributed by atoms with Crippen molar-refractivity contribution in [2.24, 2.45) is 5.41 Å². The van der Waals surface area contributed by atoms with Crippen LogP contribution in [0.1, 0.15) is 32.8 Å². The van der Waals surface area contributed by atoms with Crippen LogP contribution in [-0.2, 0) is 6.54 Å². The van der Waals surface area contributed by atoms with Gasteiger partial charge in [0, 0.05) is 23.5 Å². The molecule has 0 aliphatic carbocycles. The van der Waals surface area contributed by atoms with Crippen LogP contribution < -0.4 is 5.32 Å². The zero-order valence-electron chi connectivity index (χ0n) is 10.8. The third kappa shape index (κ3) is 5.29. The predicted molar refractivity (Wildman–Crippen MR) is 76.9 cm³/mol. The first-order chi connectivity index (χ1) is 7.93. The lowest BCUT2D eigenvalue weighted by Crippen LogP contribution is -2.40. The molecule has 1 rings (SSSR count). The molecule has 3 heteroatoms. The Balaban J connectivity index is 2.54. The molecule has 1 atom stereocenters. The maximum Gasteiger partial charge on any atom is 0.0406 e. The summed E-state index contributed by atoms with van der Waals surface area (Å²) in [5.41, 5.74) is 1.47.